The number of aliphatic hydroxyl groups excluding tert-OH is 4. The third kappa shape index (κ3) is 27.8. The molecule has 35 heteroatoms. The molecule has 2 heterocycles. The number of guanidine groups is 1. The lowest BCUT2D eigenvalue weighted by molar-refractivity contribution is -0.301. The number of aliphatic hydroxyl groups is 4. The number of thiol groups is 2. The summed E-state index contributed by atoms with van der Waals surface area (Å²) in [6.07, 6.45) is -4.31. The number of hydrogen-bond donors (Lipinski definition) is 20. The van der Waals surface area contributed by atoms with Crippen LogP contribution < -0.4 is 71.2 Å². The summed E-state index contributed by atoms with van der Waals surface area (Å²) in [6, 6.07) is 2.69. The predicted molar refractivity (Wildman–Crippen MR) is 350 cm³/mol. The van der Waals surface area contributed by atoms with Gasteiger partial charge in [-0.2, -0.15) is 25.3 Å². The van der Waals surface area contributed by atoms with Gasteiger partial charge in [0.2, 0.25) is 65.0 Å². The molecule has 0 saturated carbocycles. The van der Waals surface area contributed by atoms with Gasteiger partial charge in [0.15, 0.2) is 12.2 Å². The number of unbranched alkanes of at least 4 members (excludes halogenated alkanes) is 5. The second-order valence-electron chi connectivity index (χ2n) is 23.0. The smallest absolute Gasteiger partial charge is 0.246 e. The molecule has 2 fully saturated rings. The van der Waals surface area contributed by atoms with E-state index in [1.807, 2.05) is 0 Å². The highest BCUT2D eigenvalue weighted by atomic mass is 32.1. The Labute approximate surface area is 560 Å². The van der Waals surface area contributed by atoms with Crippen molar-refractivity contribution in [2.75, 3.05) is 50.9 Å². The minimum atomic E-state index is -1.84. The van der Waals surface area contributed by atoms with Gasteiger partial charge in [-0.25, -0.2) is 0 Å². The molecular weight excluding hydrogens is 1280 g/mol. The Morgan fingerprint density at radius 3 is 1.80 bits per heavy atom. The van der Waals surface area contributed by atoms with Gasteiger partial charge in [-0.05, 0) is 68.2 Å². The average molecular weight is 1380 g/mol. The van der Waals surface area contributed by atoms with Crippen molar-refractivity contribution < 1.29 is 87.7 Å². The van der Waals surface area contributed by atoms with E-state index in [4.69, 9.17) is 38.1 Å². The summed E-state index contributed by atoms with van der Waals surface area (Å²) in [5, 5.41) is 70.1. The highest BCUT2D eigenvalue weighted by Crippen LogP contribution is 2.23. The van der Waals surface area contributed by atoms with Crippen LogP contribution in [0.25, 0.3) is 0 Å². The van der Waals surface area contributed by atoms with E-state index in [2.05, 4.69) is 72.8 Å². The van der Waals surface area contributed by atoms with E-state index in [0.717, 1.165) is 17.7 Å². The Bertz CT molecular complexity index is 2880. The zero-order valence-electron chi connectivity index (χ0n) is 52.7. The fourth-order valence-electron chi connectivity index (χ4n) is 10.2. The molecule has 2 aliphatic heterocycles. The number of carbonyl (C=O) groups is 11. The lowest BCUT2D eigenvalue weighted by Gasteiger charge is -2.39. The molecule has 23 N–H and O–H groups in total. The zero-order chi connectivity index (χ0) is 70.1. The zero-order valence-corrected chi connectivity index (χ0v) is 54.5. The number of primary amides is 2. The minimum absolute atomic E-state index is 0.00130. The molecule has 95 heavy (non-hydrogen) atoms. The van der Waals surface area contributed by atoms with Gasteiger partial charge in [0.1, 0.15) is 72.5 Å². The Kier molecular flexibility index (Phi) is 35.0. The molecule has 0 unspecified atom stereocenters. The van der Waals surface area contributed by atoms with Crippen LogP contribution in [0.2, 0.25) is 0 Å². The average Bonchev–Trinajstić information content (AvgIpc) is 1.82. The van der Waals surface area contributed by atoms with Crippen LogP contribution in [0.15, 0.2) is 59.6 Å². The van der Waals surface area contributed by atoms with E-state index in [0.29, 0.717) is 43.2 Å². The first kappa shape index (κ1) is 79.5. The number of nitrogens with two attached hydrogens (primary N) is 5. The Balaban J connectivity index is 1.53. The number of rotatable bonds is 42. The van der Waals surface area contributed by atoms with Crippen LogP contribution in [-0.4, -0.2) is 231 Å². The van der Waals surface area contributed by atoms with Gasteiger partial charge in [0.25, 0.3) is 0 Å². The number of ether oxygens (including phenoxy) is 2. The van der Waals surface area contributed by atoms with Gasteiger partial charge in [-0.15, -0.1) is 0 Å². The fraction of sp³-hybridized carbons (Fsp3) is 0.600. The van der Waals surface area contributed by atoms with Crippen molar-refractivity contribution in [3.8, 4) is 5.75 Å². The first-order valence-corrected chi connectivity index (χ1v) is 32.5. The van der Waals surface area contributed by atoms with Crippen molar-refractivity contribution in [2.24, 2.45) is 33.7 Å². The maximum atomic E-state index is 14.7. The molecule has 2 aromatic carbocycles. The third-order valence-electron chi connectivity index (χ3n) is 15.5. The fourth-order valence-corrected chi connectivity index (χ4v) is 10.6. The number of likely N-dealkylation sites (tertiary alicyclic amines) is 1. The van der Waals surface area contributed by atoms with E-state index in [1.54, 1.807) is 30.3 Å². The number of carbonyl (C=O) groups excluding carboxylic acids is 11. The molecular formula is C60H93N15O18S2. The first-order chi connectivity index (χ1) is 45.3. The van der Waals surface area contributed by atoms with Crippen molar-refractivity contribution in [1.29, 1.82) is 0 Å². The number of aliphatic imine (C=N–C) groups is 1. The van der Waals surface area contributed by atoms with Gasteiger partial charge in [-0.1, -0.05) is 68.1 Å². The van der Waals surface area contributed by atoms with Crippen LogP contribution in [0, 0.1) is 0 Å². The van der Waals surface area contributed by atoms with Crippen molar-refractivity contribution in [2.45, 2.75) is 175 Å². The van der Waals surface area contributed by atoms with Gasteiger partial charge in [0.05, 0.1) is 25.6 Å². The maximum Gasteiger partial charge on any atom is 0.246 e. The molecule has 4 rings (SSSR count). The number of nitrogens with zero attached hydrogens (tertiary/aromatic N) is 2. The second kappa shape index (κ2) is 41.8. The molecule has 13 atom stereocenters. The molecule has 2 aromatic rings. The van der Waals surface area contributed by atoms with Gasteiger partial charge < -0.3 is 111 Å². The van der Waals surface area contributed by atoms with Crippen molar-refractivity contribution in [3.05, 3.63) is 65.7 Å². The second-order valence-corrected chi connectivity index (χ2v) is 23.7. The van der Waals surface area contributed by atoms with E-state index in [1.165, 1.54) is 24.3 Å². The lowest BCUT2D eigenvalue weighted by atomic mass is 9.99. The van der Waals surface area contributed by atoms with Gasteiger partial charge in [-0.3, -0.25) is 57.7 Å². The molecule has 0 spiro atoms. The Morgan fingerprint density at radius 2 is 1.19 bits per heavy atom. The number of phenols is 1. The molecule has 33 nitrogen and oxygen atoms in total. The Hall–Kier alpha value is -7.90. The summed E-state index contributed by atoms with van der Waals surface area (Å²) < 4.78 is 10.9. The number of hydrogen-bond acceptors (Lipinski definition) is 22. The van der Waals surface area contributed by atoms with Crippen molar-refractivity contribution in [3.63, 3.8) is 0 Å². The highest BCUT2D eigenvalue weighted by molar-refractivity contribution is 7.80. The minimum Gasteiger partial charge on any atom is -0.508 e. The summed E-state index contributed by atoms with van der Waals surface area (Å²) in [5.74, 6) is -10.4. The maximum absolute atomic E-state index is 14.7. The standard InChI is InChI=1S/C60H93N15O18S2/c61-36(31-94)51(84)71-39(27-34-16-18-35(77)19-17-34)55(88)72-40(26-33-12-6-5-7-13-33)54(87)69-38(20-21-47(80)66-22-8-3-1-2-4-9-25-92-59-50(83)49(82)48(81)44(30-76)93-59)53(86)73-41(28-45(62)78)56(89)74-42(32-95)58(91)75-24-11-15-43(75)57(90)70-37(14-10-23-67-60(64)65)52(85)68-29-46(63)79/h5-7,12-13,16-19,36-44,48-50,59,76-77,81-83,94-95H,1-4,8-11,14-15,20-32,61H2,(H2,62,78)(H2,63,79)(H,66,80)(H,68,85)(H,69,87)(H,70,90)(H,71,84)(H,72,88)(H,73,86)(H,74,89)(H4,64,65,67)/t36-,37-,38-,39-,40-,41-,42-,43-,44+,48-,49-,50+,59+/m0/s1. The molecule has 2 saturated heterocycles. The number of benzene rings is 2. The van der Waals surface area contributed by atoms with Gasteiger partial charge >= 0.3 is 0 Å². The van der Waals surface area contributed by atoms with Crippen molar-refractivity contribution >= 4 is 96.2 Å². The summed E-state index contributed by atoms with van der Waals surface area (Å²) in [7, 11) is 0. The number of aromatic hydroxyl groups is 1. The SMILES string of the molecule is NC(=O)CNC(=O)[C@H](CCCN=C(N)N)NC(=O)[C@@H]1CCCN1C(=O)[C@H](CS)NC(=O)[C@H](CC(N)=O)NC(=O)[C@H](CCC(=O)NCCCCCCCCO[C@@H]1O[C@H](CO)[C@H](O)[C@H](O)[C@H]1O)NC(=O)[C@H](Cc1ccccc1)NC(=O)[C@H](Cc1ccc(O)cc1)NC(=O)[C@@H](N)CS. The van der Waals surface area contributed by atoms with Crippen LogP contribution in [0.5, 0.6) is 5.75 Å². The topological polar surface area (TPSA) is 549 Å². The molecule has 2 aliphatic rings. The Morgan fingerprint density at radius 1 is 0.621 bits per heavy atom. The summed E-state index contributed by atoms with van der Waals surface area (Å²) in [6.45, 7) is -0.653. The van der Waals surface area contributed by atoms with Crippen LogP contribution in [0.3, 0.4) is 0 Å². The molecule has 0 bridgehead atoms. The van der Waals surface area contributed by atoms with Crippen LogP contribution in [-0.2, 0) is 75.1 Å². The first-order valence-electron chi connectivity index (χ1n) is 31.3. The monoisotopic (exact) mass is 1380 g/mol. The number of amides is 11. The van der Waals surface area contributed by atoms with E-state index in [9.17, 15) is 78.3 Å². The van der Waals surface area contributed by atoms with Crippen LogP contribution >= 0.6 is 25.3 Å². The molecule has 528 valence electrons. The summed E-state index contributed by atoms with van der Waals surface area (Å²) >= 11 is 8.40. The largest absolute Gasteiger partial charge is 0.508 e. The van der Waals surface area contributed by atoms with Crippen LogP contribution in [0.1, 0.15) is 94.6 Å². The van der Waals surface area contributed by atoms with E-state index in [-0.39, 0.29) is 81.6 Å². The molecule has 11 amide bonds. The summed E-state index contributed by atoms with van der Waals surface area (Å²) in [4.78, 5) is 155. The normalized spacial score (nSPS) is 19.8. The highest BCUT2D eigenvalue weighted by Gasteiger charge is 2.44. The lowest BCUT2D eigenvalue weighted by Crippen LogP contribution is -2.61. The molecule has 0 aliphatic carbocycles. The van der Waals surface area contributed by atoms with Gasteiger partial charge in [0, 0.05) is 57.0 Å². The third-order valence-corrected chi connectivity index (χ3v) is 16.2. The molecule has 0 radical (unpaired) electrons. The number of phenolic OH excluding ortho intramolecular Hbond substituents is 1. The molecule has 0 aromatic heterocycles. The summed E-state index contributed by atoms with van der Waals surface area (Å²) in [5.41, 5.74) is 28.6. The van der Waals surface area contributed by atoms with E-state index < -0.39 is 176 Å². The van der Waals surface area contributed by atoms with Crippen molar-refractivity contribution in [1.82, 2.24) is 47.4 Å². The van der Waals surface area contributed by atoms with E-state index >= 15 is 0 Å². The number of nitrogens with one attached hydrogen (secondary N) is 8. The quantitative estimate of drug-likeness (QED) is 0.0127. The predicted octanol–water partition coefficient (Wildman–Crippen LogP) is -6.15. The van der Waals surface area contributed by atoms with Crippen LogP contribution in [0.4, 0.5) is 0 Å².